The van der Waals surface area contributed by atoms with E-state index in [-0.39, 0.29) is 4.90 Å². The molecule has 0 saturated carbocycles. The first kappa shape index (κ1) is 18.7. The number of amides is 1. The van der Waals surface area contributed by atoms with Crippen LogP contribution in [0.3, 0.4) is 0 Å². The van der Waals surface area contributed by atoms with E-state index in [9.17, 15) is 13.2 Å². The zero-order valence-electron chi connectivity index (χ0n) is 13.0. The van der Waals surface area contributed by atoms with Crippen molar-refractivity contribution in [1.82, 2.24) is 4.72 Å². The zero-order chi connectivity index (χ0) is 17.9. The first-order valence-electron chi connectivity index (χ1n) is 7.04. The summed E-state index contributed by atoms with van der Waals surface area (Å²) in [4.78, 5) is 12.3. The van der Waals surface area contributed by atoms with Gasteiger partial charge in [-0.1, -0.05) is 29.3 Å². The van der Waals surface area contributed by atoms with E-state index >= 15 is 0 Å². The van der Waals surface area contributed by atoms with E-state index < -0.39 is 22.0 Å². The predicted octanol–water partition coefficient (Wildman–Crippen LogP) is 3.61. The Kier molecular flexibility index (Phi) is 5.87. The lowest BCUT2D eigenvalue weighted by atomic mass is 10.2. The van der Waals surface area contributed by atoms with Crippen LogP contribution in [0.25, 0.3) is 0 Å². The quantitative estimate of drug-likeness (QED) is 0.823. The molecule has 0 unspecified atom stereocenters. The largest absolute Gasteiger partial charge is 0.324 e. The van der Waals surface area contributed by atoms with Crippen LogP contribution in [0.2, 0.25) is 10.0 Å². The molecule has 0 fully saturated rings. The van der Waals surface area contributed by atoms with Gasteiger partial charge in [0.2, 0.25) is 15.9 Å². The molecule has 0 aliphatic rings. The van der Waals surface area contributed by atoms with Gasteiger partial charge in [-0.3, -0.25) is 4.79 Å². The fourth-order valence-corrected chi connectivity index (χ4v) is 3.46. The Morgan fingerprint density at radius 3 is 2.33 bits per heavy atom. The third kappa shape index (κ3) is 4.48. The average molecular weight is 387 g/mol. The summed E-state index contributed by atoms with van der Waals surface area (Å²) >= 11 is 11.7. The third-order valence-corrected chi connectivity index (χ3v) is 5.59. The molecular formula is C16H16Cl2N2O3S. The van der Waals surface area contributed by atoms with Gasteiger partial charge < -0.3 is 5.32 Å². The number of carbonyl (C=O) groups excluding carboxylic acids is 1. The van der Waals surface area contributed by atoms with Crippen LogP contribution < -0.4 is 10.0 Å². The molecule has 8 heteroatoms. The van der Waals surface area contributed by atoms with Crippen LogP contribution in [-0.2, 0) is 14.8 Å². The summed E-state index contributed by atoms with van der Waals surface area (Å²) in [6.45, 7) is 3.23. The van der Waals surface area contributed by atoms with Crippen LogP contribution >= 0.6 is 23.2 Å². The number of halogens is 2. The van der Waals surface area contributed by atoms with Gasteiger partial charge in [-0.25, -0.2) is 8.42 Å². The normalized spacial score (nSPS) is 12.7. The monoisotopic (exact) mass is 386 g/mol. The number of anilines is 1. The molecule has 0 heterocycles. The Morgan fingerprint density at radius 1 is 1.08 bits per heavy atom. The van der Waals surface area contributed by atoms with E-state index in [4.69, 9.17) is 23.2 Å². The molecule has 0 saturated heterocycles. The first-order valence-corrected chi connectivity index (χ1v) is 9.28. The second-order valence-corrected chi connectivity index (χ2v) is 7.76. The molecule has 0 bridgehead atoms. The minimum Gasteiger partial charge on any atom is -0.324 e. The number of carbonyl (C=O) groups is 1. The molecule has 0 spiro atoms. The summed E-state index contributed by atoms with van der Waals surface area (Å²) in [5.74, 6) is -0.488. The molecule has 2 rings (SSSR count). The molecule has 0 radical (unpaired) electrons. The summed E-state index contributed by atoms with van der Waals surface area (Å²) in [6, 6.07) is 9.81. The molecule has 2 N–H and O–H groups in total. The highest BCUT2D eigenvalue weighted by atomic mass is 35.5. The Morgan fingerprint density at radius 2 is 1.71 bits per heavy atom. The maximum atomic E-state index is 12.3. The van der Waals surface area contributed by atoms with Crippen molar-refractivity contribution in [3.05, 3.63) is 58.1 Å². The highest BCUT2D eigenvalue weighted by molar-refractivity contribution is 7.89. The van der Waals surface area contributed by atoms with E-state index in [0.717, 1.165) is 0 Å². The number of nitrogens with one attached hydrogen (secondary N) is 2. The van der Waals surface area contributed by atoms with Crippen molar-refractivity contribution in [3.8, 4) is 0 Å². The van der Waals surface area contributed by atoms with Crippen molar-refractivity contribution in [2.24, 2.45) is 0 Å². The van der Waals surface area contributed by atoms with Crippen molar-refractivity contribution < 1.29 is 13.2 Å². The minimum atomic E-state index is -3.83. The van der Waals surface area contributed by atoms with Crippen LogP contribution in [0.15, 0.2) is 47.4 Å². The Labute approximate surface area is 151 Å². The highest BCUT2D eigenvalue weighted by Crippen LogP contribution is 2.23. The van der Waals surface area contributed by atoms with Crippen molar-refractivity contribution in [2.45, 2.75) is 24.8 Å². The van der Waals surface area contributed by atoms with E-state index in [2.05, 4.69) is 10.0 Å². The minimum absolute atomic E-state index is 0.0329. The van der Waals surface area contributed by atoms with Gasteiger partial charge in [0.15, 0.2) is 0 Å². The molecule has 2 aromatic carbocycles. The van der Waals surface area contributed by atoms with Crippen LogP contribution in [0.5, 0.6) is 0 Å². The van der Waals surface area contributed by atoms with Gasteiger partial charge in [0.1, 0.15) is 0 Å². The fraction of sp³-hybridized carbons (Fsp3) is 0.188. The van der Waals surface area contributed by atoms with E-state index in [1.807, 2.05) is 0 Å². The van der Waals surface area contributed by atoms with Crippen LogP contribution in [-0.4, -0.2) is 20.4 Å². The van der Waals surface area contributed by atoms with E-state index in [1.165, 1.54) is 31.2 Å². The summed E-state index contributed by atoms with van der Waals surface area (Å²) in [6.07, 6.45) is 0. The van der Waals surface area contributed by atoms with Crippen molar-refractivity contribution in [1.29, 1.82) is 0 Å². The first-order chi connectivity index (χ1) is 11.2. The number of sulfonamides is 1. The second kappa shape index (κ2) is 7.53. The third-order valence-electron chi connectivity index (χ3n) is 3.37. The van der Waals surface area contributed by atoms with Crippen molar-refractivity contribution in [2.75, 3.05) is 5.32 Å². The summed E-state index contributed by atoms with van der Waals surface area (Å²) < 4.78 is 26.9. The molecule has 2 aromatic rings. The molecule has 0 aliphatic heterocycles. The summed E-state index contributed by atoms with van der Waals surface area (Å²) in [7, 11) is -3.83. The van der Waals surface area contributed by atoms with E-state index in [1.54, 1.807) is 25.1 Å². The highest BCUT2D eigenvalue weighted by Gasteiger charge is 2.22. The molecule has 5 nitrogen and oxygen atoms in total. The Hall–Kier alpha value is -1.60. The van der Waals surface area contributed by atoms with Gasteiger partial charge in [0.05, 0.1) is 10.9 Å². The average Bonchev–Trinajstić information content (AvgIpc) is 2.51. The summed E-state index contributed by atoms with van der Waals surface area (Å²) in [5.41, 5.74) is 1.24. The van der Waals surface area contributed by atoms with Gasteiger partial charge in [-0.15, -0.1) is 0 Å². The molecule has 128 valence electrons. The smallest absolute Gasteiger partial charge is 0.242 e. The van der Waals surface area contributed by atoms with Crippen LogP contribution in [0.1, 0.15) is 12.5 Å². The van der Waals surface area contributed by atoms with Gasteiger partial charge in [-0.2, -0.15) is 4.72 Å². The lowest BCUT2D eigenvalue weighted by Gasteiger charge is -2.16. The standard InChI is InChI=1S/C16H16Cl2N2O3S/c1-10-14(18)4-3-5-15(10)19-16(21)11(2)20-24(22,23)13-8-6-12(17)7-9-13/h3-9,11,20H,1-2H3,(H,19,21)/t11-/m1/s1. The van der Waals surface area contributed by atoms with Crippen molar-refractivity contribution in [3.63, 3.8) is 0 Å². The molecule has 1 atom stereocenters. The number of rotatable bonds is 5. The second-order valence-electron chi connectivity index (χ2n) is 5.20. The number of hydrogen-bond acceptors (Lipinski definition) is 3. The zero-order valence-corrected chi connectivity index (χ0v) is 15.3. The van der Waals surface area contributed by atoms with Crippen LogP contribution in [0.4, 0.5) is 5.69 Å². The lowest BCUT2D eigenvalue weighted by Crippen LogP contribution is -2.41. The van der Waals surface area contributed by atoms with Gasteiger partial charge in [0, 0.05) is 15.7 Å². The SMILES string of the molecule is Cc1c(Cl)cccc1NC(=O)[C@@H](C)NS(=O)(=O)c1ccc(Cl)cc1. The Balaban J connectivity index is 2.11. The van der Waals surface area contributed by atoms with Crippen LogP contribution in [0, 0.1) is 6.92 Å². The van der Waals surface area contributed by atoms with Gasteiger partial charge in [-0.05, 0) is 55.8 Å². The molecule has 0 aromatic heterocycles. The fourth-order valence-electron chi connectivity index (χ4n) is 1.95. The van der Waals surface area contributed by atoms with Crippen molar-refractivity contribution >= 4 is 44.8 Å². The molecule has 24 heavy (non-hydrogen) atoms. The predicted molar refractivity (Wildman–Crippen MR) is 96.1 cm³/mol. The molecular weight excluding hydrogens is 371 g/mol. The number of benzene rings is 2. The summed E-state index contributed by atoms with van der Waals surface area (Å²) in [5, 5.41) is 3.61. The molecule has 0 aliphatic carbocycles. The molecule has 1 amide bonds. The van der Waals surface area contributed by atoms with Gasteiger partial charge >= 0.3 is 0 Å². The van der Waals surface area contributed by atoms with Gasteiger partial charge in [0.25, 0.3) is 0 Å². The van der Waals surface area contributed by atoms with E-state index in [0.29, 0.717) is 21.3 Å². The Bertz CT molecular complexity index is 852. The maximum Gasteiger partial charge on any atom is 0.242 e. The maximum absolute atomic E-state index is 12.3. The topological polar surface area (TPSA) is 75.3 Å². The lowest BCUT2D eigenvalue weighted by molar-refractivity contribution is -0.117. The number of hydrogen-bond donors (Lipinski definition) is 2.